The minimum Gasteiger partial charge on any atom is -0.287 e. The second-order valence-corrected chi connectivity index (χ2v) is 5.03. The number of nitrogens with zero attached hydrogens (tertiary/aromatic N) is 4. The molecule has 0 aliphatic rings. The number of aromatic nitrogens is 3. The van der Waals surface area contributed by atoms with Crippen LogP contribution < -0.4 is 0 Å². The molecule has 0 saturated heterocycles. The maximum absolute atomic E-state index is 8.84. The van der Waals surface area contributed by atoms with E-state index < -0.39 is 0 Å². The smallest absolute Gasteiger partial charge is 0.156 e. The summed E-state index contributed by atoms with van der Waals surface area (Å²) < 4.78 is 2.03. The summed E-state index contributed by atoms with van der Waals surface area (Å²) >= 11 is 0. The number of benzene rings is 1. The van der Waals surface area contributed by atoms with E-state index in [1.807, 2.05) is 41.1 Å². The number of rotatable bonds is 2. The summed E-state index contributed by atoms with van der Waals surface area (Å²) in [6.07, 6.45) is 5.67. The summed E-state index contributed by atoms with van der Waals surface area (Å²) in [7, 11) is 0. The molecule has 98 valence electrons. The predicted octanol–water partition coefficient (Wildman–Crippen LogP) is 3.39. The van der Waals surface area contributed by atoms with Gasteiger partial charge in [-0.15, -0.1) is 0 Å². The van der Waals surface area contributed by atoms with Crippen LogP contribution in [-0.2, 0) is 0 Å². The topological polar surface area (TPSA) is 54.0 Å². The molecule has 0 aliphatic carbocycles. The molecule has 0 atom stereocenters. The lowest BCUT2D eigenvalue weighted by Gasteiger charge is -2.06. The van der Waals surface area contributed by atoms with Gasteiger partial charge in [0.25, 0.3) is 0 Å². The Morgan fingerprint density at radius 2 is 1.80 bits per heavy atom. The number of hydrogen-bond acceptors (Lipinski definition) is 3. The van der Waals surface area contributed by atoms with Gasteiger partial charge in [0.15, 0.2) is 5.65 Å². The first-order chi connectivity index (χ1) is 9.69. The summed E-state index contributed by atoms with van der Waals surface area (Å²) in [6.45, 7) is 4.23. The van der Waals surface area contributed by atoms with Crippen LogP contribution in [0.15, 0.2) is 42.9 Å². The van der Waals surface area contributed by atoms with Crippen LogP contribution in [-0.4, -0.2) is 14.4 Å². The molecular formula is C16H14N4. The Bertz CT molecular complexity index is 791. The van der Waals surface area contributed by atoms with Crippen LogP contribution in [0.3, 0.4) is 0 Å². The Kier molecular flexibility index (Phi) is 2.96. The van der Waals surface area contributed by atoms with Crippen molar-refractivity contribution < 1.29 is 0 Å². The number of hydrogen-bond donors (Lipinski definition) is 0. The van der Waals surface area contributed by atoms with Crippen molar-refractivity contribution >= 4 is 5.65 Å². The van der Waals surface area contributed by atoms with E-state index >= 15 is 0 Å². The minimum absolute atomic E-state index is 0.343. The van der Waals surface area contributed by atoms with Crippen LogP contribution in [0.1, 0.15) is 31.2 Å². The lowest BCUT2D eigenvalue weighted by atomic mass is 10.1. The molecule has 4 nitrogen and oxygen atoms in total. The molecule has 3 rings (SSSR count). The fraction of sp³-hybridized carbons (Fsp3) is 0.188. The van der Waals surface area contributed by atoms with Gasteiger partial charge >= 0.3 is 0 Å². The van der Waals surface area contributed by atoms with Crippen LogP contribution in [0.4, 0.5) is 0 Å². The van der Waals surface area contributed by atoms with Crippen molar-refractivity contribution in [3.8, 4) is 17.2 Å². The SMILES string of the molecule is CC(C)c1ncc2ncc(-c3ccc(C#N)cc3)cn12. The fourth-order valence-corrected chi connectivity index (χ4v) is 2.22. The molecule has 2 aromatic heterocycles. The van der Waals surface area contributed by atoms with Crippen molar-refractivity contribution in [2.24, 2.45) is 0 Å². The lowest BCUT2D eigenvalue weighted by molar-refractivity contribution is 0.768. The molecule has 2 heterocycles. The van der Waals surface area contributed by atoms with E-state index in [0.717, 1.165) is 22.6 Å². The summed E-state index contributed by atoms with van der Waals surface area (Å²) in [6, 6.07) is 9.63. The van der Waals surface area contributed by atoms with Gasteiger partial charge in [-0.1, -0.05) is 26.0 Å². The van der Waals surface area contributed by atoms with Crippen LogP contribution in [0.2, 0.25) is 0 Å². The molecule has 0 aliphatic heterocycles. The van der Waals surface area contributed by atoms with Gasteiger partial charge in [0.2, 0.25) is 0 Å². The molecule has 0 fully saturated rings. The average Bonchev–Trinajstić information content (AvgIpc) is 2.90. The second kappa shape index (κ2) is 4.78. The molecular weight excluding hydrogens is 248 g/mol. The summed E-state index contributed by atoms with van der Waals surface area (Å²) in [5.41, 5.74) is 3.57. The standard InChI is InChI=1S/C16H14N4/c1-11(2)16-19-9-15-18-8-14(10-20(15)16)13-5-3-12(7-17)4-6-13/h3-6,8-11H,1-2H3. The average molecular weight is 262 g/mol. The van der Waals surface area contributed by atoms with E-state index in [1.165, 1.54) is 0 Å². The molecule has 3 aromatic rings. The third kappa shape index (κ3) is 2.04. The highest BCUT2D eigenvalue weighted by molar-refractivity contribution is 5.64. The Morgan fingerprint density at radius 1 is 1.05 bits per heavy atom. The maximum Gasteiger partial charge on any atom is 0.156 e. The molecule has 0 saturated carbocycles. The summed E-state index contributed by atoms with van der Waals surface area (Å²) in [5, 5.41) is 8.84. The summed E-state index contributed by atoms with van der Waals surface area (Å²) in [4.78, 5) is 8.85. The van der Waals surface area contributed by atoms with Crippen molar-refractivity contribution in [2.75, 3.05) is 0 Å². The summed E-state index contributed by atoms with van der Waals surface area (Å²) in [5.74, 6) is 1.35. The molecule has 20 heavy (non-hydrogen) atoms. The zero-order valence-corrected chi connectivity index (χ0v) is 11.4. The van der Waals surface area contributed by atoms with Crippen LogP contribution in [0.5, 0.6) is 0 Å². The first-order valence-electron chi connectivity index (χ1n) is 6.52. The van der Waals surface area contributed by atoms with Crippen molar-refractivity contribution in [3.63, 3.8) is 0 Å². The second-order valence-electron chi connectivity index (χ2n) is 5.03. The Morgan fingerprint density at radius 3 is 2.45 bits per heavy atom. The Labute approximate surface area is 117 Å². The molecule has 0 spiro atoms. The van der Waals surface area contributed by atoms with Crippen LogP contribution in [0.25, 0.3) is 16.8 Å². The van der Waals surface area contributed by atoms with Crippen molar-refractivity contribution in [1.29, 1.82) is 5.26 Å². The Hall–Kier alpha value is -2.67. The third-order valence-corrected chi connectivity index (χ3v) is 3.27. The molecule has 0 bridgehead atoms. The van der Waals surface area contributed by atoms with Crippen LogP contribution >= 0.6 is 0 Å². The van der Waals surface area contributed by atoms with Gasteiger partial charge in [0.05, 0.1) is 17.8 Å². The number of nitriles is 1. The van der Waals surface area contributed by atoms with E-state index in [0.29, 0.717) is 11.5 Å². The molecule has 0 N–H and O–H groups in total. The monoisotopic (exact) mass is 262 g/mol. The van der Waals surface area contributed by atoms with Crippen LogP contribution in [0, 0.1) is 11.3 Å². The van der Waals surface area contributed by atoms with Gasteiger partial charge in [0, 0.05) is 23.9 Å². The largest absolute Gasteiger partial charge is 0.287 e. The van der Waals surface area contributed by atoms with E-state index in [4.69, 9.17) is 5.26 Å². The van der Waals surface area contributed by atoms with E-state index in [2.05, 4.69) is 29.9 Å². The lowest BCUT2D eigenvalue weighted by Crippen LogP contribution is -1.98. The van der Waals surface area contributed by atoms with Gasteiger partial charge in [-0.25, -0.2) is 9.97 Å². The van der Waals surface area contributed by atoms with Gasteiger partial charge in [-0.05, 0) is 17.7 Å². The molecule has 0 radical (unpaired) electrons. The molecule has 0 unspecified atom stereocenters. The number of imidazole rings is 1. The van der Waals surface area contributed by atoms with E-state index in [1.54, 1.807) is 6.20 Å². The molecule has 1 aromatic carbocycles. The highest BCUT2D eigenvalue weighted by atomic mass is 15.1. The zero-order valence-electron chi connectivity index (χ0n) is 11.4. The van der Waals surface area contributed by atoms with Gasteiger partial charge < -0.3 is 0 Å². The maximum atomic E-state index is 8.84. The van der Waals surface area contributed by atoms with E-state index in [9.17, 15) is 0 Å². The van der Waals surface area contributed by atoms with E-state index in [-0.39, 0.29) is 0 Å². The molecule has 4 heteroatoms. The number of fused-ring (bicyclic) bond motifs is 1. The van der Waals surface area contributed by atoms with Gasteiger partial charge in [-0.3, -0.25) is 4.40 Å². The van der Waals surface area contributed by atoms with Crippen molar-refractivity contribution in [2.45, 2.75) is 19.8 Å². The molecule has 0 amide bonds. The quantitative estimate of drug-likeness (QED) is 0.711. The zero-order chi connectivity index (χ0) is 14.1. The normalized spacial score (nSPS) is 10.9. The van der Waals surface area contributed by atoms with Gasteiger partial charge in [0.1, 0.15) is 5.82 Å². The third-order valence-electron chi connectivity index (χ3n) is 3.27. The predicted molar refractivity (Wildman–Crippen MR) is 77.2 cm³/mol. The van der Waals surface area contributed by atoms with Crippen molar-refractivity contribution in [1.82, 2.24) is 14.4 Å². The fourth-order valence-electron chi connectivity index (χ4n) is 2.22. The van der Waals surface area contributed by atoms with Gasteiger partial charge in [-0.2, -0.15) is 5.26 Å². The minimum atomic E-state index is 0.343. The highest BCUT2D eigenvalue weighted by Crippen LogP contribution is 2.21. The Balaban J connectivity index is 2.11. The first kappa shape index (κ1) is 12.4. The highest BCUT2D eigenvalue weighted by Gasteiger charge is 2.09. The van der Waals surface area contributed by atoms with Crippen molar-refractivity contribution in [3.05, 3.63) is 54.2 Å². The first-order valence-corrected chi connectivity index (χ1v) is 6.52.